The predicted molar refractivity (Wildman–Crippen MR) is 325 cm³/mol. The maximum absolute atomic E-state index is 14.2. The lowest BCUT2D eigenvalue weighted by atomic mass is 9.63. The van der Waals surface area contributed by atoms with Crippen molar-refractivity contribution >= 4 is 40.9 Å². The number of likely N-dealkylation sites (tertiary alicyclic amines) is 3. The number of nitrogens with zero attached hydrogens (tertiary/aromatic N) is 9. The molecule has 0 radical (unpaired) electrons. The molecule has 3 saturated heterocycles. The molecule has 11 rings (SSSR count). The van der Waals surface area contributed by atoms with Crippen molar-refractivity contribution < 1.29 is 23.9 Å². The normalized spacial score (nSPS) is 25.1. The number of carbonyl (C=O) groups excluding carboxylic acids is 3. The average molecular weight is 1180 g/mol. The van der Waals surface area contributed by atoms with Crippen LogP contribution >= 0.6 is 23.2 Å². The zero-order valence-corrected chi connectivity index (χ0v) is 51.1. The fourth-order valence-electron chi connectivity index (χ4n) is 15.9. The second-order valence-corrected chi connectivity index (χ2v) is 26.7. The van der Waals surface area contributed by atoms with Gasteiger partial charge in [0.1, 0.15) is 25.3 Å². The lowest BCUT2D eigenvalue weighted by Gasteiger charge is -2.48. The van der Waals surface area contributed by atoms with E-state index in [4.69, 9.17) is 32.7 Å². The Balaban J connectivity index is 0.000000185. The number of amides is 3. The molecule has 5 heterocycles. The number of methoxy groups -OCH3 is 1. The Hall–Kier alpha value is -4.45. The Bertz CT molecular complexity index is 2560. The van der Waals surface area contributed by atoms with E-state index >= 15 is 0 Å². The smallest absolute Gasteiger partial charge is 0.240 e. The van der Waals surface area contributed by atoms with Crippen molar-refractivity contribution in [3.63, 3.8) is 0 Å². The summed E-state index contributed by atoms with van der Waals surface area (Å²) in [5.41, 5.74) is 2.62. The van der Waals surface area contributed by atoms with Crippen LogP contribution in [0.15, 0.2) is 73.8 Å². The number of hydrogen-bond donors (Lipinski definition) is 2. The van der Waals surface area contributed by atoms with Crippen LogP contribution in [0.2, 0.25) is 10.0 Å². The molecule has 2 aromatic carbocycles. The van der Waals surface area contributed by atoms with Crippen molar-refractivity contribution in [2.24, 2.45) is 22.7 Å². The number of ether oxygens (including phenoxy) is 2. The summed E-state index contributed by atoms with van der Waals surface area (Å²) < 4.78 is 15.2. The minimum Gasteiger partial charge on any atom is -0.382 e. The lowest BCUT2D eigenvalue weighted by molar-refractivity contribution is -0.138. The van der Waals surface area contributed by atoms with Gasteiger partial charge in [0.25, 0.3) is 0 Å². The molecular formula is C65H95Cl2N11O5. The van der Waals surface area contributed by atoms with Crippen molar-refractivity contribution in [3.8, 4) is 0 Å². The quantitative estimate of drug-likeness (QED) is 0.0763. The van der Waals surface area contributed by atoms with Gasteiger partial charge in [-0.05, 0) is 180 Å². The summed E-state index contributed by atoms with van der Waals surface area (Å²) >= 11 is 12.3. The van der Waals surface area contributed by atoms with Gasteiger partial charge in [-0.2, -0.15) is 10.2 Å². The molecule has 7 aliphatic rings. The fraction of sp³-hybridized carbons (Fsp3) is 0.708. The number of halogens is 2. The van der Waals surface area contributed by atoms with Gasteiger partial charge in [-0.15, -0.1) is 0 Å². The molecule has 18 heteroatoms. The molecule has 3 amide bonds. The number of carbonyl (C=O) groups is 3. The first-order valence-electron chi connectivity index (χ1n) is 32.2. The Kier molecular flexibility index (Phi) is 22.5. The topological polar surface area (TPSA) is 165 Å². The molecule has 0 unspecified atom stereocenters. The molecular weight excluding hydrogens is 1090 g/mol. The van der Waals surface area contributed by atoms with E-state index in [-0.39, 0.29) is 40.8 Å². The number of hydrogen-bond acceptors (Lipinski definition) is 11. The van der Waals surface area contributed by atoms with Gasteiger partial charge in [-0.3, -0.25) is 23.7 Å². The van der Waals surface area contributed by atoms with Crippen LogP contribution in [0.25, 0.3) is 0 Å². The largest absolute Gasteiger partial charge is 0.382 e. The summed E-state index contributed by atoms with van der Waals surface area (Å²) in [4.78, 5) is 55.5. The zero-order chi connectivity index (χ0) is 57.4. The van der Waals surface area contributed by atoms with Gasteiger partial charge in [0.05, 0.1) is 31.4 Å². The first kappa shape index (κ1) is 61.6. The van der Waals surface area contributed by atoms with Crippen LogP contribution in [0.4, 0.5) is 0 Å². The molecule has 2 N–H and O–H groups in total. The second kappa shape index (κ2) is 30.3. The third-order valence-corrected chi connectivity index (χ3v) is 21.2. The van der Waals surface area contributed by atoms with E-state index in [1.807, 2.05) is 70.5 Å². The minimum absolute atomic E-state index is 0.176. The highest BCUT2D eigenvalue weighted by Crippen LogP contribution is 2.49. The minimum atomic E-state index is -0.265. The first-order valence-corrected chi connectivity index (χ1v) is 32.9. The molecule has 454 valence electrons. The zero-order valence-electron chi connectivity index (χ0n) is 49.6. The first-order chi connectivity index (χ1) is 40.5. The fourth-order valence-corrected chi connectivity index (χ4v) is 16.2. The van der Waals surface area contributed by atoms with Crippen LogP contribution in [0, 0.1) is 22.7 Å². The van der Waals surface area contributed by atoms with Crippen LogP contribution in [-0.4, -0.2) is 151 Å². The summed E-state index contributed by atoms with van der Waals surface area (Å²) in [5.74, 6) is 2.16. The number of aromatic nitrogens is 6. The highest BCUT2D eigenvalue weighted by atomic mass is 35.5. The SMILES string of the molecule is COCCOC1CCC(N[C@H](Cc2ccc(Cl)cc2)C(=O)N2CCC(Cn3cncn3)(C3CCCCC3)CC2)CC1.O=C([C@@H](Cc1ccc(Cl)cc1)NC1CCC(N2CCCC2=O)CC1)N1CCC(Cn2cncn2)(C2CCCCC2)CC1. The summed E-state index contributed by atoms with van der Waals surface area (Å²) in [5, 5.41) is 18.0. The van der Waals surface area contributed by atoms with Crippen molar-refractivity contribution in [3.05, 3.63) is 95.0 Å². The molecule has 2 atom stereocenters. The molecule has 4 aliphatic carbocycles. The van der Waals surface area contributed by atoms with E-state index in [1.54, 1.807) is 19.8 Å². The average Bonchev–Trinajstić information content (AvgIpc) is 4.44. The molecule has 4 aromatic rings. The number of rotatable bonds is 21. The third kappa shape index (κ3) is 16.8. The van der Waals surface area contributed by atoms with Crippen LogP contribution in [0.5, 0.6) is 0 Å². The van der Waals surface area contributed by atoms with E-state index in [1.165, 1.54) is 64.2 Å². The van der Waals surface area contributed by atoms with Gasteiger partial charge in [-0.1, -0.05) is 86.0 Å². The van der Waals surface area contributed by atoms with E-state index in [2.05, 4.69) is 45.5 Å². The van der Waals surface area contributed by atoms with E-state index in [0.717, 1.165) is 145 Å². The third-order valence-electron chi connectivity index (χ3n) is 20.7. The lowest BCUT2D eigenvalue weighted by Crippen LogP contribution is -2.56. The van der Waals surface area contributed by atoms with Crippen LogP contribution in [0.1, 0.15) is 165 Å². The Morgan fingerprint density at radius 3 is 1.42 bits per heavy atom. The Morgan fingerprint density at radius 2 is 1.02 bits per heavy atom. The maximum atomic E-state index is 14.2. The molecule has 2 aromatic heterocycles. The predicted octanol–water partition coefficient (Wildman–Crippen LogP) is 10.6. The summed E-state index contributed by atoms with van der Waals surface area (Å²) in [6, 6.07) is 16.3. The molecule has 0 spiro atoms. The van der Waals surface area contributed by atoms with E-state index in [9.17, 15) is 14.4 Å². The molecule has 16 nitrogen and oxygen atoms in total. The summed E-state index contributed by atoms with van der Waals surface area (Å²) in [6.07, 6.45) is 35.6. The summed E-state index contributed by atoms with van der Waals surface area (Å²) in [6.45, 7) is 7.20. The van der Waals surface area contributed by atoms with Gasteiger partial charge in [0, 0.05) is 87.5 Å². The summed E-state index contributed by atoms with van der Waals surface area (Å²) in [7, 11) is 1.71. The second-order valence-electron chi connectivity index (χ2n) is 25.9. The number of piperidine rings is 2. The van der Waals surface area contributed by atoms with Crippen LogP contribution in [0.3, 0.4) is 0 Å². The molecule has 7 fully saturated rings. The van der Waals surface area contributed by atoms with Gasteiger partial charge < -0.3 is 34.8 Å². The highest BCUT2D eigenvalue weighted by molar-refractivity contribution is 6.30. The van der Waals surface area contributed by atoms with Crippen LogP contribution in [-0.2, 0) is 49.8 Å². The van der Waals surface area contributed by atoms with Gasteiger partial charge in [0.15, 0.2) is 0 Å². The maximum Gasteiger partial charge on any atom is 0.240 e. The van der Waals surface area contributed by atoms with E-state index < -0.39 is 0 Å². The van der Waals surface area contributed by atoms with Crippen LogP contribution < -0.4 is 10.6 Å². The van der Waals surface area contributed by atoms with Gasteiger partial charge in [-0.25, -0.2) is 9.97 Å². The van der Waals surface area contributed by atoms with Crippen molar-refractivity contribution in [2.75, 3.05) is 53.0 Å². The standard InChI is InChI=1S/C33H47ClN6O2.C32H48ClN5O3/c34-27-10-8-25(9-11-27)21-30(37-28-12-14-29(15-13-28)40-18-4-7-31(40)41)32(42)38-19-16-33(17-20-38,22-39-24-35-23-36-39)26-5-2-1-3-6-26;1-40-19-20-41-29-13-11-28(12-14-29)36-30(21-25-7-9-27(33)10-8-25)31(39)37-17-15-32(16-18-37,22-38-24-34-23-35-38)26-5-3-2-4-6-26/h8-11,23-24,26,28-30,37H,1-7,12-22H2;7-10,23-24,26,28-30,36H,2-6,11-22H2,1H3/t2*28?,29?,30-/m11/s1. The van der Waals surface area contributed by atoms with E-state index in [0.29, 0.717) is 73.4 Å². The van der Waals surface area contributed by atoms with Crippen molar-refractivity contribution in [1.82, 2.24) is 54.9 Å². The monoisotopic (exact) mass is 1180 g/mol. The highest BCUT2D eigenvalue weighted by Gasteiger charge is 2.46. The van der Waals surface area contributed by atoms with Crippen molar-refractivity contribution in [2.45, 2.75) is 216 Å². The Labute approximate surface area is 504 Å². The Morgan fingerprint density at radius 1 is 0.578 bits per heavy atom. The molecule has 3 aliphatic heterocycles. The number of benzene rings is 2. The number of nitrogens with one attached hydrogen (secondary N) is 2. The van der Waals surface area contributed by atoms with Gasteiger partial charge >= 0.3 is 0 Å². The van der Waals surface area contributed by atoms with Crippen molar-refractivity contribution in [1.29, 1.82) is 0 Å². The molecule has 0 bridgehead atoms. The van der Waals surface area contributed by atoms with Gasteiger partial charge in [0.2, 0.25) is 17.7 Å². The molecule has 83 heavy (non-hydrogen) atoms. The molecule has 4 saturated carbocycles.